The van der Waals surface area contributed by atoms with Gasteiger partial charge in [-0.25, -0.2) is 0 Å². The van der Waals surface area contributed by atoms with Crippen molar-refractivity contribution in [1.29, 1.82) is 0 Å². The second-order valence-electron chi connectivity index (χ2n) is 4.80. The number of hydrogen-bond donors (Lipinski definition) is 2. The van der Waals surface area contributed by atoms with Crippen LogP contribution >= 0.6 is 0 Å². The number of rotatable bonds is 3. The van der Waals surface area contributed by atoms with Crippen LogP contribution in [0.15, 0.2) is 42.5 Å². The highest BCUT2D eigenvalue weighted by molar-refractivity contribution is 5.42. The molecule has 0 amide bonds. The van der Waals surface area contributed by atoms with E-state index in [1.807, 2.05) is 56.3 Å². The lowest BCUT2D eigenvalue weighted by atomic mass is 9.97. The van der Waals surface area contributed by atoms with Gasteiger partial charge in [-0.2, -0.15) is 0 Å². The van der Waals surface area contributed by atoms with Crippen LogP contribution in [0.3, 0.4) is 0 Å². The van der Waals surface area contributed by atoms with Crippen molar-refractivity contribution in [3.8, 4) is 5.75 Å². The summed E-state index contributed by atoms with van der Waals surface area (Å²) in [5.41, 5.74) is 10.3. The van der Waals surface area contributed by atoms with E-state index in [4.69, 9.17) is 5.73 Å². The molecular formula is C16H19NO. The van der Waals surface area contributed by atoms with Gasteiger partial charge in [-0.3, -0.25) is 0 Å². The van der Waals surface area contributed by atoms with Crippen LogP contribution in [0.25, 0.3) is 0 Å². The third-order valence-corrected chi connectivity index (χ3v) is 3.23. The Kier molecular flexibility index (Phi) is 3.68. The van der Waals surface area contributed by atoms with Gasteiger partial charge in [-0.1, -0.05) is 42.5 Å². The van der Waals surface area contributed by atoms with Crippen LogP contribution in [0.5, 0.6) is 5.75 Å². The first-order chi connectivity index (χ1) is 8.58. The third-order valence-electron chi connectivity index (χ3n) is 3.23. The largest absolute Gasteiger partial charge is 0.507 e. The molecule has 2 rings (SSSR count). The number of nitrogens with two attached hydrogens (primary N) is 1. The Balaban J connectivity index is 2.20. The van der Waals surface area contributed by atoms with Crippen molar-refractivity contribution in [2.24, 2.45) is 5.73 Å². The highest BCUT2D eigenvalue weighted by atomic mass is 16.3. The molecule has 2 aromatic carbocycles. The Morgan fingerprint density at radius 2 is 1.61 bits per heavy atom. The molecule has 0 aliphatic heterocycles. The number of hydrogen-bond acceptors (Lipinski definition) is 2. The van der Waals surface area contributed by atoms with Crippen molar-refractivity contribution >= 4 is 0 Å². The third kappa shape index (κ3) is 2.71. The molecule has 0 fully saturated rings. The van der Waals surface area contributed by atoms with Gasteiger partial charge in [0.15, 0.2) is 0 Å². The maximum Gasteiger partial charge on any atom is 0.121 e. The van der Waals surface area contributed by atoms with Crippen LogP contribution in [0.2, 0.25) is 0 Å². The highest BCUT2D eigenvalue weighted by Crippen LogP contribution is 2.25. The minimum atomic E-state index is -0.00505. The summed E-state index contributed by atoms with van der Waals surface area (Å²) >= 11 is 0. The fourth-order valence-electron chi connectivity index (χ4n) is 2.24. The molecule has 1 atom stereocenters. The average molecular weight is 241 g/mol. The van der Waals surface area contributed by atoms with Gasteiger partial charge < -0.3 is 10.8 Å². The van der Waals surface area contributed by atoms with E-state index in [-0.39, 0.29) is 6.04 Å². The van der Waals surface area contributed by atoms with Crippen LogP contribution in [-0.4, -0.2) is 5.11 Å². The predicted octanol–water partition coefficient (Wildman–Crippen LogP) is 3.25. The van der Waals surface area contributed by atoms with Crippen molar-refractivity contribution in [1.82, 2.24) is 0 Å². The topological polar surface area (TPSA) is 46.2 Å². The van der Waals surface area contributed by atoms with Crippen LogP contribution in [0, 0.1) is 13.8 Å². The van der Waals surface area contributed by atoms with E-state index in [9.17, 15) is 5.11 Å². The number of aromatic hydroxyl groups is 1. The standard InChI is InChI=1S/C16H19NO/c1-11-8-13(9-12(2)16(11)18)10-15(17)14-6-4-3-5-7-14/h3-9,15,18H,10,17H2,1-2H3. The number of benzene rings is 2. The predicted molar refractivity (Wildman–Crippen MR) is 74.7 cm³/mol. The van der Waals surface area contributed by atoms with Gasteiger partial charge in [0, 0.05) is 6.04 Å². The summed E-state index contributed by atoms with van der Waals surface area (Å²) in [5.74, 6) is 0.382. The van der Waals surface area contributed by atoms with Crippen molar-refractivity contribution in [3.63, 3.8) is 0 Å². The zero-order chi connectivity index (χ0) is 13.1. The molecule has 0 saturated heterocycles. The van der Waals surface area contributed by atoms with Crippen LogP contribution in [0.1, 0.15) is 28.3 Å². The summed E-state index contributed by atoms with van der Waals surface area (Å²) in [7, 11) is 0. The normalized spacial score (nSPS) is 12.4. The van der Waals surface area contributed by atoms with E-state index in [0.29, 0.717) is 5.75 Å². The Hall–Kier alpha value is -1.80. The molecule has 0 aliphatic rings. The van der Waals surface area contributed by atoms with Crippen molar-refractivity contribution < 1.29 is 5.11 Å². The first-order valence-corrected chi connectivity index (χ1v) is 6.17. The molecule has 0 aliphatic carbocycles. The van der Waals surface area contributed by atoms with Crippen molar-refractivity contribution in [2.45, 2.75) is 26.3 Å². The van der Waals surface area contributed by atoms with E-state index in [0.717, 1.165) is 23.1 Å². The first-order valence-electron chi connectivity index (χ1n) is 6.17. The summed E-state index contributed by atoms with van der Waals surface area (Å²) in [6.45, 7) is 3.83. The smallest absolute Gasteiger partial charge is 0.121 e. The molecule has 2 nitrogen and oxygen atoms in total. The molecule has 18 heavy (non-hydrogen) atoms. The van der Waals surface area contributed by atoms with Gasteiger partial charge in [-0.05, 0) is 42.5 Å². The fourth-order valence-corrected chi connectivity index (χ4v) is 2.24. The minimum Gasteiger partial charge on any atom is -0.507 e. The first kappa shape index (κ1) is 12.7. The number of phenols is 1. The van der Waals surface area contributed by atoms with E-state index in [2.05, 4.69) is 0 Å². The lowest BCUT2D eigenvalue weighted by molar-refractivity contribution is 0.466. The molecule has 3 N–H and O–H groups in total. The summed E-state index contributed by atoms with van der Waals surface area (Å²) < 4.78 is 0. The molecular weight excluding hydrogens is 222 g/mol. The Bertz CT molecular complexity index is 511. The SMILES string of the molecule is Cc1cc(CC(N)c2ccccc2)cc(C)c1O. The quantitative estimate of drug-likeness (QED) is 0.866. The van der Waals surface area contributed by atoms with E-state index < -0.39 is 0 Å². The number of phenolic OH excluding ortho intramolecular Hbond substituents is 1. The Morgan fingerprint density at radius 1 is 1.06 bits per heavy atom. The molecule has 0 bridgehead atoms. The second-order valence-corrected chi connectivity index (χ2v) is 4.80. The van der Waals surface area contributed by atoms with Crippen LogP contribution < -0.4 is 5.73 Å². The van der Waals surface area contributed by atoms with Gasteiger partial charge >= 0.3 is 0 Å². The summed E-state index contributed by atoms with van der Waals surface area (Å²) in [4.78, 5) is 0. The Labute approximate surface area is 108 Å². The summed E-state index contributed by atoms with van der Waals surface area (Å²) in [5, 5.41) is 9.75. The lowest BCUT2D eigenvalue weighted by Crippen LogP contribution is -2.13. The average Bonchev–Trinajstić information content (AvgIpc) is 2.37. The molecule has 0 spiro atoms. The van der Waals surface area contributed by atoms with Gasteiger partial charge in [0.2, 0.25) is 0 Å². The molecule has 0 radical (unpaired) electrons. The zero-order valence-corrected chi connectivity index (χ0v) is 10.9. The maximum absolute atomic E-state index is 9.75. The molecule has 2 aromatic rings. The van der Waals surface area contributed by atoms with E-state index >= 15 is 0 Å². The van der Waals surface area contributed by atoms with Gasteiger partial charge in [0.1, 0.15) is 5.75 Å². The molecule has 94 valence electrons. The van der Waals surface area contributed by atoms with Crippen LogP contribution in [0.4, 0.5) is 0 Å². The van der Waals surface area contributed by atoms with Crippen molar-refractivity contribution in [2.75, 3.05) is 0 Å². The van der Waals surface area contributed by atoms with E-state index in [1.54, 1.807) is 0 Å². The van der Waals surface area contributed by atoms with Gasteiger partial charge in [-0.15, -0.1) is 0 Å². The van der Waals surface area contributed by atoms with Crippen molar-refractivity contribution in [3.05, 3.63) is 64.7 Å². The summed E-state index contributed by atoms with van der Waals surface area (Å²) in [6, 6.07) is 14.1. The van der Waals surface area contributed by atoms with Crippen LogP contribution in [-0.2, 0) is 6.42 Å². The Morgan fingerprint density at radius 3 is 2.17 bits per heavy atom. The zero-order valence-electron chi connectivity index (χ0n) is 10.9. The number of aryl methyl sites for hydroxylation is 2. The lowest BCUT2D eigenvalue weighted by Gasteiger charge is -2.14. The molecule has 0 saturated carbocycles. The fraction of sp³-hybridized carbons (Fsp3) is 0.250. The summed E-state index contributed by atoms with van der Waals surface area (Å²) in [6.07, 6.45) is 0.784. The molecule has 2 heteroatoms. The van der Waals surface area contributed by atoms with E-state index in [1.165, 1.54) is 5.56 Å². The highest BCUT2D eigenvalue weighted by Gasteiger charge is 2.09. The monoisotopic (exact) mass is 241 g/mol. The molecule has 1 unspecified atom stereocenters. The van der Waals surface area contributed by atoms with Gasteiger partial charge in [0.05, 0.1) is 0 Å². The molecule has 0 heterocycles. The maximum atomic E-state index is 9.75. The minimum absolute atomic E-state index is 0.00505. The van der Waals surface area contributed by atoms with Gasteiger partial charge in [0.25, 0.3) is 0 Å². The molecule has 0 aromatic heterocycles. The second kappa shape index (κ2) is 5.23.